The molecule has 0 saturated carbocycles. The van der Waals surface area contributed by atoms with Crippen molar-refractivity contribution in [1.29, 1.82) is 0 Å². The predicted molar refractivity (Wildman–Crippen MR) is 164 cm³/mol. The number of amides is 1. The van der Waals surface area contributed by atoms with Crippen LogP contribution in [0.25, 0.3) is 16.9 Å². The second kappa shape index (κ2) is 12.5. The SMILES string of the molecule is COc1cc(OC)cc(-c2nn(-c3cc(N4CC[C@H](O)C4)ccc3C(F)(F)F)c(=O)c3c2CCN3CC(=O)N2CCC(O)CC2)c1. The minimum absolute atomic E-state index is 0.104. The van der Waals surface area contributed by atoms with Gasteiger partial charge in [0.1, 0.15) is 17.2 Å². The molecule has 246 valence electrons. The zero-order valence-corrected chi connectivity index (χ0v) is 25.6. The van der Waals surface area contributed by atoms with Gasteiger partial charge in [-0.15, -0.1) is 0 Å². The molecule has 3 aliphatic rings. The summed E-state index contributed by atoms with van der Waals surface area (Å²) in [4.78, 5) is 32.6. The Morgan fingerprint density at radius 2 is 1.63 bits per heavy atom. The summed E-state index contributed by atoms with van der Waals surface area (Å²) in [7, 11) is 2.95. The molecule has 14 heteroatoms. The summed E-state index contributed by atoms with van der Waals surface area (Å²) in [5, 5.41) is 24.5. The quantitative estimate of drug-likeness (QED) is 0.401. The first kappa shape index (κ1) is 31.7. The number of halogens is 3. The number of methoxy groups -OCH3 is 2. The van der Waals surface area contributed by atoms with Crippen molar-refractivity contribution in [3.05, 3.63) is 57.9 Å². The monoisotopic (exact) mass is 643 g/mol. The van der Waals surface area contributed by atoms with Gasteiger partial charge in [-0.05, 0) is 56.0 Å². The predicted octanol–water partition coefficient (Wildman–Crippen LogP) is 2.85. The zero-order valence-electron chi connectivity index (χ0n) is 25.6. The molecule has 2 N–H and O–H groups in total. The lowest BCUT2D eigenvalue weighted by molar-refractivity contribution is -0.137. The van der Waals surface area contributed by atoms with Gasteiger partial charge in [-0.3, -0.25) is 9.59 Å². The molecule has 2 saturated heterocycles. The number of hydrogen-bond donors (Lipinski definition) is 2. The normalized spacial score (nSPS) is 18.7. The van der Waals surface area contributed by atoms with Gasteiger partial charge in [-0.1, -0.05) is 0 Å². The van der Waals surface area contributed by atoms with Crippen LogP contribution < -0.4 is 24.8 Å². The number of piperidine rings is 1. The van der Waals surface area contributed by atoms with Crippen molar-refractivity contribution in [3.63, 3.8) is 0 Å². The number of ether oxygens (including phenoxy) is 2. The van der Waals surface area contributed by atoms with Gasteiger partial charge in [0, 0.05) is 55.6 Å². The maximum Gasteiger partial charge on any atom is 0.418 e. The Kier molecular flexibility index (Phi) is 8.59. The topological polar surface area (TPSA) is 121 Å². The molecule has 11 nitrogen and oxygen atoms in total. The molecule has 0 aliphatic carbocycles. The smallest absolute Gasteiger partial charge is 0.418 e. The van der Waals surface area contributed by atoms with E-state index >= 15 is 0 Å². The summed E-state index contributed by atoms with van der Waals surface area (Å²) in [5.74, 6) is 0.605. The van der Waals surface area contributed by atoms with E-state index in [2.05, 4.69) is 5.10 Å². The number of nitrogens with zero attached hydrogens (tertiary/aromatic N) is 5. The van der Waals surface area contributed by atoms with E-state index in [1.165, 1.54) is 26.4 Å². The molecule has 0 bridgehead atoms. The largest absolute Gasteiger partial charge is 0.497 e. The fraction of sp³-hybridized carbons (Fsp3) is 0.469. The molecule has 6 rings (SSSR count). The summed E-state index contributed by atoms with van der Waals surface area (Å²) >= 11 is 0. The molecule has 3 aliphatic heterocycles. The molecule has 4 heterocycles. The average Bonchev–Trinajstić information content (AvgIpc) is 3.67. The number of carbonyl (C=O) groups is 1. The second-order valence-corrected chi connectivity index (χ2v) is 11.9. The van der Waals surface area contributed by atoms with Crippen LogP contribution in [-0.2, 0) is 17.4 Å². The van der Waals surface area contributed by atoms with E-state index in [1.54, 1.807) is 32.9 Å². The van der Waals surface area contributed by atoms with E-state index in [9.17, 15) is 33.0 Å². The van der Waals surface area contributed by atoms with Crippen LogP contribution in [0.4, 0.5) is 24.5 Å². The van der Waals surface area contributed by atoms with Crippen molar-refractivity contribution < 1.29 is 37.7 Å². The molecule has 1 atom stereocenters. The maximum absolute atomic E-state index is 14.5. The van der Waals surface area contributed by atoms with Crippen LogP contribution in [0.3, 0.4) is 0 Å². The summed E-state index contributed by atoms with van der Waals surface area (Å²) in [6, 6.07) is 8.52. The van der Waals surface area contributed by atoms with Crippen molar-refractivity contribution in [2.45, 2.75) is 44.1 Å². The number of alkyl halides is 3. The van der Waals surface area contributed by atoms with E-state index in [0.29, 0.717) is 73.6 Å². The Morgan fingerprint density at radius 3 is 2.24 bits per heavy atom. The van der Waals surface area contributed by atoms with Gasteiger partial charge in [0.2, 0.25) is 5.91 Å². The lowest BCUT2D eigenvalue weighted by Gasteiger charge is -2.31. The lowest BCUT2D eigenvalue weighted by atomic mass is 10.0. The fourth-order valence-electron chi connectivity index (χ4n) is 6.45. The molecule has 1 aromatic heterocycles. The van der Waals surface area contributed by atoms with Crippen LogP contribution in [0.2, 0.25) is 0 Å². The van der Waals surface area contributed by atoms with Crippen molar-refractivity contribution in [3.8, 4) is 28.4 Å². The van der Waals surface area contributed by atoms with Crippen LogP contribution in [0.1, 0.15) is 30.4 Å². The Balaban J connectivity index is 1.53. The van der Waals surface area contributed by atoms with E-state index < -0.39 is 35.2 Å². The Hall–Kier alpha value is -4.30. The Labute approximate surface area is 263 Å². The Morgan fingerprint density at radius 1 is 0.957 bits per heavy atom. The van der Waals surface area contributed by atoms with Crippen LogP contribution in [0.15, 0.2) is 41.2 Å². The highest BCUT2D eigenvalue weighted by Crippen LogP contribution is 2.39. The number of anilines is 2. The molecule has 0 radical (unpaired) electrons. The number of aliphatic hydroxyl groups excluding tert-OH is 2. The average molecular weight is 644 g/mol. The van der Waals surface area contributed by atoms with E-state index in [4.69, 9.17) is 9.47 Å². The van der Waals surface area contributed by atoms with Crippen molar-refractivity contribution in [2.24, 2.45) is 0 Å². The van der Waals surface area contributed by atoms with Crippen LogP contribution in [-0.4, -0.2) is 96.5 Å². The van der Waals surface area contributed by atoms with Gasteiger partial charge >= 0.3 is 6.18 Å². The third-order valence-corrected chi connectivity index (χ3v) is 8.93. The number of fused-ring (bicyclic) bond motifs is 1. The standard InChI is InChI=1S/C32H36F3N5O6/c1-45-23-13-19(14-24(16-23)46-2)29-25-8-12-39(18-28(43)37-9-5-21(41)6-10-37)30(25)31(44)40(36-29)27-15-20(38-11-7-22(42)17-38)3-4-26(27)32(33,34)35/h3-4,13-16,21-22,41-42H,5-12,17-18H2,1-2H3/t22-/m0/s1. The lowest BCUT2D eigenvalue weighted by Crippen LogP contribution is -2.45. The van der Waals surface area contributed by atoms with Gasteiger partial charge in [0.05, 0.1) is 49.9 Å². The van der Waals surface area contributed by atoms with Gasteiger partial charge in [-0.2, -0.15) is 23.0 Å². The van der Waals surface area contributed by atoms with Gasteiger partial charge < -0.3 is 34.4 Å². The number of rotatable bonds is 7. The van der Waals surface area contributed by atoms with Crippen molar-refractivity contribution >= 4 is 17.3 Å². The van der Waals surface area contributed by atoms with Crippen molar-refractivity contribution in [1.82, 2.24) is 14.7 Å². The minimum Gasteiger partial charge on any atom is -0.497 e. The highest BCUT2D eigenvalue weighted by atomic mass is 19.4. The summed E-state index contributed by atoms with van der Waals surface area (Å²) in [6.07, 6.45) is -4.20. The molecule has 3 aromatic rings. The van der Waals surface area contributed by atoms with Crippen LogP contribution in [0, 0.1) is 0 Å². The first-order valence-corrected chi connectivity index (χ1v) is 15.2. The molecule has 0 unspecified atom stereocenters. The third kappa shape index (κ3) is 6.10. The first-order valence-electron chi connectivity index (χ1n) is 15.2. The fourth-order valence-corrected chi connectivity index (χ4v) is 6.45. The number of aromatic nitrogens is 2. The van der Waals surface area contributed by atoms with Gasteiger partial charge in [0.15, 0.2) is 0 Å². The Bertz CT molecular complexity index is 1670. The number of carbonyl (C=O) groups excluding carboxylic acids is 1. The number of aliphatic hydroxyl groups is 2. The van der Waals surface area contributed by atoms with Gasteiger partial charge in [0.25, 0.3) is 5.56 Å². The van der Waals surface area contributed by atoms with E-state index in [0.717, 1.165) is 10.7 Å². The highest BCUT2D eigenvalue weighted by molar-refractivity contribution is 5.84. The molecule has 2 aromatic carbocycles. The molecule has 2 fully saturated rings. The number of β-amino-alcohol motifs (C(OH)–C–C–N with tert-alkyl or cyclic N) is 1. The number of benzene rings is 2. The maximum atomic E-state index is 14.5. The first-order chi connectivity index (χ1) is 22.0. The molecular weight excluding hydrogens is 607 g/mol. The van der Waals surface area contributed by atoms with Crippen LogP contribution in [0.5, 0.6) is 11.5 Å². The summed E-state index contributed by atoms with van der Waals surface area (Å²) in [5.41, 5.74) is -0.539. The molecule has 0 spiro atoms. The minimum atomic E-state index is -4.81. The van der Waals surface area contributed by atoms with E-state index in [-0.39, 0.29) is 36.9 Å². The molecule has 1 amide bonds. The van der Waals surface area contributed by atoms with Crippen LogP contribution >= 0.6 is 0 Å². The number of hydrogen-bond acceptors (Lipinski definition) is 9. The van der Waals surface area contributed by atoms with E-state index in [1.807, 2.05) is 0 Å². The number of likely N-dealkylation sites (tertiary alicyclic amines) is 1. The molecule has 46 heavy (non-hydrogen) atoms. The third-order valence-electron chi connectivity index (χ3n) is 8.93. The summed E-state index contributed by atoms with van der Waals surface area (Å²) < 4.78 is 55.2. The van der Waals surface area contributed by atoms with Crippen molar-refractivity contribution in [2.75, 3.05) is 63.3 Å². The van der Waals surface area contributed by atoms with Gasteiger partial charge in [-0.25, -0.2) is 0 Å². The molecular formula is C32H36F3N5O6. The zero-order chi connectivity index (χ0) is 32.7. The second-order valence-electron chi connectivity index (χ2n) is 11.9. The summed E-state index contributed by atoms with van der Waals surface area (Å²) in [6.45, 7) is 1.57. The highest BCUT2D eigenvalue weighted by Gasteiger charge is 2.38.